The minimum absolute atomic E-state index is 0.836. The van der Waals surface area contributed by atoms with Crippen molar-refractivity contribution in [3.8, 4) is 0 Å². The Balaban J connectivity index is 1.98. The molecule has 2 aromatic carbocycles. The Kier molecular flexibility index (Phi) is 3.19. The second kappa shape index (κ2) is 4.81. The Morgan fingerprint density at radius 1 is 0.882 bits per heavy atom. The van der Waals surface area contributed by atoms with Gasteiger partial charge in [-0.1, -0.05) is 71.5 Å². The second-order valence-electron chi connectivity index (χ2n) is 3.64. The van der Waals surface area contributed by atoms with E-state index in [9.17, 15) is 0 Å². The summed E-state index contributed by atoms with van der Waals surface area (Å²) in [6.45, 7) is 0. The molecule has 1 heterocycles. The minimum Gasteiger partial charge on any atom is -0.0941 e. The van der Waals surface area contributed by atoms with Gasteiger partial charge in [0.15, 0.2) is 0 Å². The number of hydrogen-bond donors (Lipinski definition) is 0. The predicted octanol–water partition coefficient (Wildman–Crippen LogP) is 5.54. The Hall–Kier alpha value is -0.830. The van der Waals surface area contributed by atoms with E-state index >= 15 is 0 Å². The molecule has 0 amide bonds. The maximum Gasteiger partial charge on any atom is 0.0556 e. The molecule has 1 aliphatic rings. The van der Waals surface area contributed by atoms with Crippen LogP contribution in [0.5, 0.6) is 0 Å². The molecule has 0 aliphatic carbocycles. The highest BCUT2D eigenvalue weighted by molar-refractivity contribution is 8.12. The molecule has 0 radical (unpaired) electrons. The van der Waals surface area contributed by atoms with Crippen molar-refractivity contribution in [2.75, 3.05) is 0 Å². The zero-order valence-corrected chi connectivity index (χ0v) is 11.3. The first-order valence-electron chi connectivity index (χ1n) is 5.23. The van der Waals surface area contributed by atoms with Crippen LogP contribution in [0, 0.1) is 0 Å². The molecule has 0 aromatic heterocycles. The highest BCUT2D eigenvalue weighted by Crippen LogP contribution is 2.48. The van der Waals surface area contributed by atoms with Gasteiger partial charge in [-0.25, -0.2) is 0 Å². The van der Waals surface area contributed by atoms with E-state index in [-0.39, 0.29) is 0 Å². The average molecular weight is 277 g/mol. The van der Waals surface area contributed by atoms with Gasteiger partial charge in [0, 0.05) is 14.7 Å². The van der Waals surface area contributed by atoms with E-state index in [1.807, 2.05) is 18.2 Å². The highest BCUT2D eigenvalue weighted by Gasteiger charge is 2.15. The van der Waals surface area contributed by atoms with E-state index in [0.29, 0.717) is 0 Å². The van der Waals surface area contributed by atoms with Gasteiger partial charge in [0.25, 0.3) is 0 Å². The van der Waals surface area contributed by atoms with Crippen LogP contribution in [0.4, 0.5) is 0 Å². The van der Waals surface area contributed by atoms with Crippen LogP contribution in [-0.4, -0.2) is 0 Å². The van der Waals surface area contributed by atoms with E-state index in [1.165, 1.54) is 20.3 Å². The van der Waals surface area contributed by atoms with E-state index < -0.39 is 0 Å². The second-order valence-corrected chi connectivity index (χ2v) is 6.01. The van der Waals surface area contributed by atoms with Crippen molar-refractivity contribution < 1.29 is 0 Å². The van der Waals surface area contributed by atoms with E-state index in [1.54, 1.807) is 23.5 Å². The van der Waals surface area contributed by atoms with Crippen molar-refractivity contribution >= 4 is 40.0 Å². The summed E-state index contributed by atoms with van der Waals surface area (Å²) in [5.41, 5.74) is 1.26. The molecule has 84 valence electrons. The molecule has 0 fully saturated rings. The third kappa shape index (κ3) is 2.25. The van der Waals surface area contributed by atoms with Gasteiger partial charge in [-0.05, 0) is 23.1 Å². The maximum atomic E-state index is 6.17. The van der Waals surface area contributed by atoms with Gasteiger partial charge in [0.1, 0.15) is 0 Å². The molecule has 17 heavy (non-hydrogen) atoms. The van der Waals surface area contributed by atoms with Crippen LogP contribution in [0.1, 0.15) is 5.56 Å². The fourth-order valence-electron chi connectivity index (χ4n) is 1.67. The topological polar surface area (TPSA) is 0 Å². The normalized spacial score (nSPS) is 14.1. The Labute approximate surface area is 114 Å². The predicted molar refractivity (Wildman–Crippen MR) is 77.6 cm³/mol. The molecular weight excluding hydrogens is 268 g/mol. The SMILES string of the molecule is Clc1cccc2c1SC=C(c1ccccc1)S2. The van der Waals surface area contributed by atoms with Crippen LogP contribution >= 0.6 is 35.1 Å². The van der Waals surface area contributed by atoms with Gasteiger partial charge in [0.05, 0.1) is 5.02 Å². The summed E-state index contributed by atoms with van der Waals surface area (Å²) in [7, 11) is 0. The minimum atomic E-state index is 0.836. The van der Waals surface area contributed by atoms with Crippen LogP contribution in [0.3, 0.4) is 0 Å². The van der Waals surface area contributed by atoms with Crippen molar-refractivity contribution in [2.45, 2.75) is 9.79 Å². The highest BCUT2D eigenvalue weighted by atomic mass is 35.5. The summed E-state index contributed by atoms with van der Waals surface area (Å²) < 4.78 is 0. The van der Waals surface area contributed by atoms with E-state index in [2.05, 4.69) is 35.7 Å². The van der Waals surface area contributed by atoms with Gasteiger partial charge >= 0.3 is 0 Å². The first kappa shape index (κ1) is 11.3. The lowest BCUT2D eigenvalue weighted by atomic mass is 10.2. The molecule has 3 heteroatoms. The van der Waals surface area contributed by atoms with E-state index in [0.717, 1.165) is 5.02 Å². The van der Waals surface area contributed by atoms with Crippen LogP contribution in [-0.2, 0) is 0 Å². The molecule has 0 saturated heterocycles. The van der Waals surface area contributed by atoms with E-state index in [4.69, 9.17) is 11.6 Å². The average Bonchev–Trinajstić information content (AvgIpc) is 2.40. The standard InChI is InChI=1S/C14H9ClS2/c15-11-7-4-8-12-14(11)16-9-13(17-12)10-5-2-1-3-6-10/h1-9H. The number of hydrogen-bond acceptors (Lipinski definition) is 2. The third-order valence-electron chi connectivity index (χ3n) is 2.49. The molecule has 0 N–H and O–H groups in total. The Morgan fingerprint density at radius 2 is 1.71 bits per heavy atom. The van der Waals surface area contributed by atoms with Crippen LogP contribution in [0.15, 0.2) is 63.7 Å². The zero-order valence-electron chi connectivity index (χ0n) is 8.89. The van der Waals surface area contributed by atoms with Gasteiger partial charge < -0.3 is 0 Å². The first-order chi connectivity index (χ1) is 8.34. The molecule has 1 aliphatic heterocycles. The molecule has 0 nitrogen and oxygen atoms in total. The number of halogens is 1. The summed E-state index contributed by atoms with van der Waals surface area (Å²) in [4.78, 5) is 3.69. The smallest absolute Gasteiger partial charge is 0.0556 e. The van der Waals surface area contributed by atoms with Crippen molar-refractivity contribution in [2.24, 2.45) is 0 Å². The number of rotatable bonds is 1. The number of benzene rings is 2. The lowest BCUT2D eigenvalue weighted by molar-refractivity contribution is 1.26. The fraction of sp³-hybridized carbons (Fsp3) is 0. The van der Waals surface area contributed by atoms with Crippen LogP contribution in [0.2, 0.25) is 5.02 Å². The maximum absolute atomic E-state index is 6.17. The van der Waals surface area contributed by atoms with Crippen molar-refractivity contribution in [3.63, 3.8) is 0 Å². The largest absolute Gasteiger partial charge is 0.0941 e. The molecule has 0 atom stereocenters. The molecule has 0 unspecified atom stereocenters. The lowest BCUT2D eigenvalue weighted by Crippen LogP contribution is -1.87. The molecule has 0 spiro atoms. The summed E-state index contributed by atoms with van der Waals surface area (Å²) in [5, 5.41) is 3.01. The number of fused-ring (bicyclic) bond motifs is 1. The van der Waals surface area contributed by atoms with Crippen molar-refractivity contribution in [1.82, 2.24) is 0 Å². The van der Waals surface area contributed by atoms with Crippen LogP contribution in [0.25, 0.3) is 4.91 Å². The monoisotopic (exact) mass is 276 g/mol. The Bertz CT molecular complexity index is 576. The molecule has 3 rings (SSSR count). The quantitative estimate of drug-likeness (QED) is 0.671. The summed E-state index contributed by atoms with van der Waals surface area (Å²) in [5.74, 6) is 0. The Morgan fingerprint density at radius 3 is 2.53 bits per heavy atom. The molecular formula is C14H9ClS2. The molecule has 0 bridgehead atoms. The summed E-state index contributed by atoms with van der Waals surface area (Å²) in [6, 6.07) is 16.5. The first-order valence-corrected chi connectivity index (χ1v) is 7.30. The van der Waals surface area contributed by atoms with Crippen molar-refractivity contribution in [3.05, 3.63) is 64.5 Å². The summed E-state index contributed by atoms with van der Waals surface area (Å²) in [6.07, 6.45) is 0. The van der Waals surface area contributed by atoms with Crippen molar-refractivity contribution in [1.29, 1.82) is 0 Å². The third-order valence-corrected chi connectivity index (χ3v) is 5.36. The van der Waals surface area contributed by atoms with Crippen LogP contribution < -0.4 is 0 Å². The number of thioether (sulfide) groups is 2. The summed E-state index contributed by atoms with van der Waals surface area (Å²) >= 11 is 9.66. The molecule has 0 saturated carbocycles. The molecule has 2 aromatic rings. The lowest BCUT2D eigenvalue weighted by Gasteiger charge is -2.16. The van der Waals surface area contributed by atoms with Gasteiger partial charge in [-0.3, -0.25) is 0 Å². The van der Waals surface area contributed by atoms with Gasteiger partial charge in [0.2, 0.25) is 0 Å². The van der Waals surface area contributed by atoms with Gasteiger partial charge in [-0.15, -0.1) is 0 Å². The van der Waals surface area contributed by atoms with Gasteiger partial charge in [-0.2, -0.15) is 0 Å². The zero-order chi connectivity index (χ0) is 11.7. The fourth-order valence-corrected chi connectivity index (χ4v) is 4.20.